The van der Waals surface area contributed by atoms with Crippen LogP contribution in [0.4, 0.5) is 10.9 Å². The number of nitrogens with zero attached hydrogens (tertiary/aromatic N) is 4. The molecule has 4 aromatic heterocycles. The van der Waals surface area contributed by atoms with Gasteiger partial charge in [0.25, 0.3) is 0 Å². The number of amides is 1. The highest BCUT2D eigenvalue weighted by Crippen LogP contribution is 2.41. The molecule has 1 saturated heterocycles. The first-order chi connectivity index (χ1) is 19.0. The van der Waals surface area contributed by atoms with E-state index < -0.39 is 0 Å². The molecule has 1 aliphatic heterocycles. The average Bonchev–Trinajstić information content (AvgIpc) is 3.61. The maximum Gasteiger partial charge on any atom is 0.219 e. The van der Waals surface area contributed by atoms with Crippen LogP contribution < -0.4 is 10.1 Å². The molecule has 0 spiro atoms. The number of benzene rings is 1. The number of nitrogens with one attached hydrogen (secondary N) is 1. The molecule has 0 aliphatic carbocycles. The van der Waals surface area contributed by atoms with Crippen molar-refractivity contribution in [2.75, 3.05) is 18.4 Å². The maximum absolute atomic E-state index is 11.7. The van der Waals surface area contributed by atoms with Gasteiger partial charge in [-0.15, -0.1) is 22.7 Å². The summed E-state index contributed by atoms with van der Waals surface area (Å²) >= 11 is 11.0. The number of anilines is 2. The molecule has 0 saturated carbocycles. The molecular weight excluding hydrogens is 570 g/mol. The summed E-state index contributed by atoms with van der Waals surface area (Å²) in [7, 11) is 0. The summed E-state index contributed by atoms with van der Waals surface area (Å²) in [5.74, 6) is 2.39. The third kappa shape index (κ3) is 6.04. The number of hydrogen-bond donors (Lipinski definition) is 1. The van der Waals surface area contributed by atoms with Crippen LogP contribution in [0.2, 0.25) is 5.15 Å². The zero-order valence-electron chi connectivity index (χ0n) is 21.0. The summed E-state index contributed by atoms with van der Waals surface area (Å²) in [5.41, 5.74) is 1.94. The second-order valence-corrected chi connectivity index (χ2v) is 12.4. The molecule has 0 radical (unpaired) electrons. The summed E-state index contributed by atoms with van der Waals surface area (Å²) in [4.78, 5) is 29.5. The first kappa shape index (κ1) is 26.1. The number of aromatic nitrogens is 3. The van der Waals surface area contributed by atoms with Crippen LogP contribution in [-0.4, -0.2) is 38.8 Å². The number of thiophene rings is 1. The monoisotopic (exact) mass is 593 g/mol. The number of pyridine rings is 2. The minimum absolute atomic E-state index is 0.138. The Labute approximate surface area is 243 Å². The van der Waals surface area contributed by atoms with Gasteiger partial charge in [0, 0.05) is 53.4 Å². The summed E-state index contributed by atoms with van der Waals surface area (Å²) in [6.45, 7) is 3.18. The highest BCUT2D eigenvalue weighted by Gasteiger charge is 2.24. The lowest BCUT2D eigenvalue weighted by molar-refractivity contribution is -0.129. The standard InChI is InChI=1S/C28H24ClN5O2S3/c1-17(35)34-10-7-18(8-11-34)22-16-38-28(32-22)33-27-23(36-19-5-3-2-4-6-19)13-20(15-30-27)39-24-14-25(29)31-21-9-12-37-26(21)24/h2-6,9,12-16,18H,7-8,10-11H2,1H3,(H,30,32,33). The zero-order valence-corrected chi connectivity index (χ0v) is 24.2. The summed E-state index contributed by atoms with van der Waals surface area (Å²) in [5, 5.41) is 8.70. The number of thiazole rings is 1. The van der Waals surface area contributed by atoms with E-state index in [0.717, 1.165) is 56.8 Å². The molecule has 5 heterocycles. The molecule has 11 heteroatoms. The molecule has 1 aromatic carbocycles. The predicted molar refractivity (Wildman–Crippen MR) is 159 cm³/mol. The molecule has 1 N–H and O–H groups in total. The predicted octanol–water partition coefficient (Wildman–Crippen LogP) is 8.21. The fourth-order valence-electron chi connectivity index (χ4n) is 4.49. The minimum atomic E-state index is 0.138. The number of ether oxygens (including phenoxy) is 1. The molecule has 39 heavy (non-hydrogen) atoms. The van der Waals surface area contributed by atoms with Crippen molar-refractivity contribution in [2.24, 2.45) is 0 Å². The van der Waals surface area contributed by atoms with Crippen molar-refractivity contribution >= 4 is 73.1 Å². The third-order valence-electron chi connectivity index (χ3n) is 6.48. The highest BCUT2D eigenvalue weighted by molar-refractivity contribution is 7.99. The normalized spacial score (nSPS) is 14.1. The molecule has 0 unspecified atom stereocenters. The van der Waals surface area contributed by atoms with Crippen LogP contribution in [0.25, 0.3) is 10.2 Å². The second kappa shape index (κ2) is 11.5. The summed E-state index contributed by atoms with van der Waals surface area (Å²) in [6.07, 6.45) is 3.67. The molecular formula is C28H24ClN5O2S3. The molecule has 1 amide bonds. The van der Waals surface area contributed by atoms with Gasteiger partial charge in [0.1, 0.15) is 10.9 Å². The summed E-state index contributed by atoms with van der Waals surface area (Å²) < 4.78 is 7.36. The van der Waals surface area contributed by atoms with E-state index in [2.05, 4.69) is 15.7 Å². The number of fused-ring (bicyclic) bond motifs is 1. The molecule has 1 fully saturated rings. The van der Waals surface area contributed by atoms with Gasteiger partial charge in [0.2, 0.25) is 5.91 Å². The molecule has 0 bridgehead atoms. The number of halogens is 1. The fraction of sp³-hybridized carbons (Fsp3) is 0.214. The minimum Gasteiger partial charge on any atom is -0.453 e. The van der Waals surface area contributed by atoms with E-state index >= 15 is 0 Å². The van der Waals surface area contributed by atoms with Crippen LogP contribution in [0.5, 0.6) is 11.5 Å². The Kier molecular flexibility index (Phi) is 7.69. The first-order valence-electron chi connectivity index (χ1n) is 12.4. The van der Waals surface area contributed by atoms with Gasteiger partial charge in [0.05, 0.1) is 15.9 Å². The lowest BCUT2D eigenvalue weighted by Crippen LogP contribution is -2.36. The third-order valence-corrected chi connectivity index (χ3v) is 9.51. The lowest BCUT2D eigenvalue weighted by atomic mass is 9.94. The van der Waals surface area contributed by atoms with E-state index in [1.807, 2.05) is 65.0 Å². The smallest absolute Gasteiger partial charge is 0.219 e. The van der Waals surface area contributed by atoms with Crippen LogP contribution in [0.3, 0.4) is 0 Å². The number of carbonyl (C=O) groups is 1. The van der Waals surface area contributed by atoms with Crippen LogP contribution in [0, 0.1) is 0 Å². The van der Waals surface area contributed by atoms with E-state index in [0.29, 0.717) is 28.4 Å². The largest absolute Gasteiger partial charge is 0.453 e. The average molecular weight is 594 g/mol. The maximum atomic E-state index is 11.7. The quantitative estimate of drug-likeness (QED) is 0.190. The van der Waals surface area contributed by atoms with E-state index in [-0.39, 0.29) is 5.91 Å². The van der Waals surface area contributed by atoms with E-state index in [1.54, 1.807) is 41.4 Å². The number of carbonyl (C=O) groups excluding carboxylic acids is 1. The van der Waals surface area contributed by atoms with Crippen LogP contribution in [0.15, 0.2) is 75.3 Å². The summed E-state index contributed by atoms with van der Waals surface area (Å²) in [6, 6.07) is 15.5. The highest BCUT2D eigenvalue weighted by atomic mass is 35.5. The van der Waals surface area contributed by atoms with Gasteiger partial charge in [-0.2, -0.15) is 0 Å². The first-order valence-corrected chi connectivity index (χ1v) is 15.4. The zero-order chi connectivity index (χ0) is 26.8. The van der Waals surface area contributed by atoms with E-state index in [9.17, 15) is 4.79 Å². The van der Waals surface area contributed by atoms with Gasteiger partial charge in [0.15, 0.2) is 16.7 Å². The Morgan fingerprint density at radius 3 is 2.74 bits per heavy atom. The van der Waals surface area contributed by atoms with E-state index in [1.165, 1.54) is 0 Å². The van der Waals surface area contributed by atoms with Gasteiger partial charge in [-0.1, -0.05) is 41.6 Å². The molecule has 198 valence electrons. The molecule has 1 aliphatic rings. The van der Waals surface area contributed by atoms with Gasteiger partial charge >= 0.3 is 0 Å². The van der Waals surface area contributed by atoms with Crippen molar-refractivity contribution in [3.05, 3.63) is 76.3 Å². The Hall–Kier alpha value is -3.18. The van der Waals surface area contributed by atoms with Crippen molar-refractivity contribution in [3.63, 3.8) is 0 Å². The molecule has 0 atom stereocenters. The number of para-hydroxylation sites is 1. The SMILES string of the molecule is CC(=O)N1CCC(c2csc(Nc3ncc(Sc4cc(Cl)nc5ccsc45)cc3Oc3ccccc3)n2)CC1. The molecule has 5 aromatic rings. The van der Waals surface area contributed by atoms with E-state index in [4.69, 9.17) is 26.3 Å². The molecule has 6 rings (SSSR count). The Morgan fingerprint density at radius 1 is 1.13 bits per heavy atom. The Bertz CT molecular complexity index is 1620. The molecule has 7 nitrogen and oxygen atoms in total. The van der Waals surface area contributed by atoms with Gasteiger partial charge in [-0.05, 0) is 42.5 Å². The van der Waals surface area contributed by atoms with Crippen molar-refractivity contribution in [3.8, 4) is 11.5 Å². The van der Waals surface area contributed by atoms with Gasteiger partial charge < -0.3 is 15.0 Å². The Morgan fingerprint density at radius 2 is 1.95 bits per heavy atom. The van der Waals surface area contributed by atoms with Crippen molar-refractivity contribution in [1.29, 1.82) is 0 Å². The Balaban J connectivity index is 1.25. The van der Waals surface area contributed by atoms with Crippen LogP contribution in [-0.2, 0) is 4.79 Å². The number of hydrogen-bond acceptors (Lipinski definition) is 9. The van der Waals surface area contributed by atoms with Gasteiger partial charge in [-0.25, -0.2) is 15.0 Å². The van der Waals surface area contributed by atoms with Crippen molar-refractivity contribution in [1.82, 2.24) is 19.9 Å². The second-order valence-electron chi connectivity index (χ2n) is 9.10. The van der Waals surface area contributed by atoms with Gasteiger partial charge in [-0.3, -0.25) is 4.79 Å². The van der Waals surface area contributed by atoms with Crippen LogP contribution >= 0.6 is 46.0 Å². The van der Waals surface area contributed by atoms with Crippen LogP contribution in [0.1, 0.15) is 31.4 Å². The fourth-order valence-corrected chi connectivity index (χ4v) is 7.45. The number of piperidine rings is 1. The van der Waals surface area contributed by atoms with Crippen molar-refractivity contribution in [2.45, 2.75) is 35.5 Å². The lowest BCUT2D eigenvalue weighted by Gasteiger charge is -2.30. The number of likely N-dealkylation sites (tertiary alicyclic amines) is 1. The number of rotatable bonds is 7. The van der Waals surface area contributed by atoms with Crippen molar-refractivity contribution < 1.29 is 9.53 Å². The topological polar surface area (TPSA) is 80.2 Å².